The Balaban J connectivity index is 2.52. The van der Waals surface area contributed by atoms with Crippen molar-refractivity contribution < 1.29 is 33.4 Å². The monoisotopic (exact) mass is 459 g/mol. The zero-order valence-electron chi connectivity index (χ0n) is 19.2. The molecule has 0 bridgehead atoms. The first-order valence-corrected chi connectivity index (χ1v) is 10.7. The standard InChI is InChI=1S/C23H29N3O7/c1-5-32-19(28)13-24-21(29)17-12-18(25-15(4)27)22(30)26(14(17)3)20(23(31)33-6-2)16-10-8-7-9-11-16/h7-11,18,20H,5-6,12-13H2,1-4H3,(H,24,29)(H,25,27)/t18?,20-/m1/s1. The van der Waals surface area contributed by atoms with E-state index in [0.29, 0.717) is 5.56 Å². The average molecular weight is 459 g/mol. The fourth-order valence-electron chi connectivity index (χ4n) is 3.57. The third-order valence-corrected chi connectivity index (χ3v) is 4.98. The van der Waals surface area contributed by atoms with E-state index in [4.69, 9.17) is 9.47 Å². The van der Waals surface area contributed by atoms with Crippen molar-refractivity contribution in [3.05, 3.63) is 47.2 Å². The second-order valence-corrected chi connectivity index (χ2v) is 7.28. The molecule has 1 aliphatic heterocycles. The summed E-state index contributed by atoms with van der Waals surface area (Å²) in [5.74, 6) is -2.91. The number of rotatable bonds is 9. The van der Waals surface area contributed by atoms with Crippen LogP contribution < -0.4 is 10.6 Å². The SMILES string of the molecule is CCOC(=O)CNC(=O)C1=C(C)N([C@@H](C(=O)OCC)c2ccccc2)C(=O)C(NC(C)=O)C1. The van der Waals surface area contributed by atoms with Gasteiger partial charge in [0.2, 0.25) is 11.8 Å². The lowest BCUT2D eigenvalue weighted by molar-refractivity contribution is -0.155. The van der Waals surface area contributed by atoms with Gasteiger partial charge in [0, 0.05) is 24.6 Å². The topological polar surface area (TPSA) is 131 Å². The molecular formula is C23H29N3O7. The summed E-state index contributed by atoms with van der Waals surface area (Å²) in [5.41, 5.74) is 0.867. The van der Waals surface area contributed by atoms with Gasteiger partial charge in [0.15, 0.2) is 6.04 Å². The number of nitrogens with zero attached hydrogens (tertiary/aromatic N) is 1. The van der Waals surface area contributed by atoms with Crippen molar-refractivity contribution in [1.29, 1.82) is 0 Å². The van der Waals surface area contributed by atoms with E-state index in [1.165, 1.54) is 18.7 Å². The van der Waals surface area contributed by atoms with E-state index >= 15 is 0 Å². The molecule has 0 saturated carbocycles. The number of hydrogen-bond acceptors (Lipinski definition) is 7. The van der Waals surface area contributed by atoms with Gasteiger partial charge in [0.1, 0.15) is 12.6 Å². The Morgan fingerprint density at radius 1 is 1.09 bits per heavy atom. The Morgan fingerprint density at radius 3 is 2.30 bits per heavy atom. The molecule has 0 aliphatic carbocycles. The highest BCUT2D eigenvalue weighted by Gasteiger charge is 2.42. The summed E-state index contributed by atoms with van der Waals surface area (Å²) < 4.78 is 10.0. The van der Waals surface area contributed by atoms with Gasteiger partial charge in [-0.25, -0.2) is 4.79 Å². The lowest BCUT2D eigenvalue weighted by Gasteiger charge is -2.38. The van der Waals surface area contributed by atoms with E-state index < -0.39 is 41.7 Å². The van der Waals surface area contributed by atoms with E-state index in [-0.39, 0.29) is 37.4 Å². The fourth-order valence-corrected chi connectivity index (χ4v) is 3.57. The predicted molar refractivity (Wildman–Crippen MR) is 117 cm³/mol. The van der Waals surface area contributed by atoms with Gasteiger partial charge in [-0.1, -0.05) is 30.3 Å². The lowest BCUT2D eigenvalue weighted by atomic mass is 9.93. The van der Waals surface area contributed by atoms with E-state index in [2.05, 4.69) is 10.6 Å². The van der Waals surface area contributed by atoms with Crippen LogP contribution in [0.1, 0.15) is 45.7 Å². The minimum atomic E-state index is -1.16. The third-order valence-electron chi connectivity index (χ3n) is 4.98. The van der Waals surface area contributed by atoms with E-state index in [0.717, 1.165) is 0 Å². The molecule has 1 aromatic rings. The molecule has 10 heteroatoms. The summed E-state index contributed by atoms with van der Waals surface area (Å²) >= 11 is 0. The van der Waals surface area contributed by atoms with Crippen molar-refractivity contribution in [2.75, 3.05) is 19.8 Å². The van der Waals surface area contributed by atoms with Crippen molar-refractivity contribution in [2.24, 2.45) is 0 Å². The van der Waals surface area contributed by atoms with Gasteiger partial charge < -0.3 is 20.1 Å². The maximum atomic E-state index is 13.4. The molecule has 1 aliphatic rings. The molecule has 1 aromatic carbocycles. The first-order valence-electron chi connectivity index (χ1n) is 10.7. The quantitative estimate of drug-likeness (QED) is 0.526. The zero-order chi connectivity index (χ0) is 24.5. The molecule has 0 radical (unpaired) electrons. The van der Waals surface area contributed by atoms with Gasteiger partial charge in [0.25, 0.3) is 5.91 Å². The van der Waals surface area contributed by atoms with Gasteiger partial charge in [-0.3, -0.25) is 24.1 Å². The Hall–Kier alpha value is -3.69. The third kappa shape index (κ3) is 6.41. The highest BCUT2D eigenvalue weighted by atomic mass is 16.5. The molecule has 0 spiro atoms. The van der Waals surface area contributed by atoms with E-state index in [1.807, 2.05) is 0 Å². The molecule has 33 heavy (non-hydrogen) atoms. The number of benzene rings is 1. The van der Waals surface area contributed by atoms with E-state index in [1.54, 1.807) is 44.2 Å². The molecule has 0 aromatic heterocycles. The van der Waals surface area contributed by atoms with Crippen molar-refractivity contribution >= 4 is 29.7 Å². The molecule has 178 valence electrons. The number of carbonyl (C=O) groups excluding carboxylic acids is 5. The van der Waals surface area contributed by atoms with Gasteiger partial charge in [-0.15, -0.1) is 0 Å². The molecule has 2 rings (SSSR count). The number of carbonyl (C=O) groups is 5. The summed E-state index contributed by atoms with van der Waals surface area (Å²) in [5, 5.41) is 5.01. The van der Waals surface area contributed by atoms with Crippen LogP contribution in [0.4, 0.5) is 0 Å². The molecule has 1 heterocycles. The predicted octanol–water partition coefficient (Wildman–Crippen LogP) is 0.981. The van der Waals surface area contributed by atoms with Crippen LogP contribution in [0.2, 0.25) is 0 Å². The Bertz CT molecular complexity index is 943. The normalized spacial score (nSPS) is 16.7. The second-order valence-electron chi connectivity index (χ2n) is 7.28. The van der Waals surface area contributed by atoms with Crippen LogP contribution in [0.15, 0.2) is 41.6 Å². The largest absolute Gasteiger partial charge is 0.465 e. The van der Waals surface area contributed by atoms with Gasteiger partial charge in [-0.05, 0) is 26.3 Å². The average Bonchev–Trinajstić information content (AvgIpc) is 2.77. The van der Waals surface area contributed by atoms with Crippen LogP contribution >= 0.6 is 0 Å². The lowest BCUT2D eigenvalue weighted by Crippen LogP contribution is -2.54. The molecule has 2 N–H and O–H groups in total. The highest BCUT2D eigenvalue weighted by Crippen LogP contribution is 2.33. The molecule has 0 fully saturated rings. The number of amides is 3. The van der Waals surface area contributed by atoms with Gasteiger partial charge in [0.05, 0.1) is 13.2 Å². The molecule has 2 atom stereocenters. The van der Waals surface area contributed by atoms with Crippen LogP contribution in [0.5, 0.6) is 0 Å². The zero-order valence-corrected chi connectivity index (χ0v) is 19.2. The fraction of sp³-hybridized carbons (Fsp3) is 0.435. The first-order chi connectivity index (χ1) is 15.7. The minimum Gasteiger partial charge on any atom is -0.465 e. The Morgan fingerprint density at radius 2 is 1.73 bits per heavy atom. The number of ether oxygens (including phenoxy) is 2. The van der Waals surface area contributed by atoms with Gasteiger partial charge >= 0.3 is 11.9 Å². The highest BCUT2D eigenvalue weighted by molar-refractivity contribution is 6.01. The van der Waals surface area contributed by atoms with Crippen LogP contribution in [-0.2, 0) is 33.4 Å². The van der Waals surface area contributed by atoms with Crippen molar-refractivity contribution in [1.82, 2.24) is 15.5 Å². The number of esters is 2. The summed E-state index contributed by atoms with van der Waals surface area (Å²) in [6.45, 7) is 5.99. The number of hydrogen-bond donors (Lipinski definition) is 2. The number of allylic oxidation sites excluding steroid dienone is 1. The first kappa shape index (κ1) is 25.6. The van der Waals surface area contributed by atoms with Crippen LogP contribution in [0.3, 0.4) is 0 Å². The summed E-state index contributed by atoms with van der Waals surface area (Å²) in [7, 11) is 0. The summed E-state index contributed by atoms with van der Waals surface area (Å²) in [6.07, 6.45) is -0.0975. The van der Waals surface area contributed by atoms with Crippen molar-refractivity contribution in [3.8, 4) is 0 Å². The maximum absolute atomic E-state index is 13.4. The van der Waals surface area contributed by atoms with Crippen molar-refractivity contribution in [3.63, 3.8) is 0 Å². The minimum absolute atomic E-state index is 0.0922. The van der Waals surface area contributed by atoms with Crippen LogP contribution in [0.25, 0.3) is 0 Å². The Kier molecular flexibility index (Phi) is 9.14. The summed E-state index contributed by atoms with van der Waals surface area (Å²) in [6, 6.07) is 6.30. The number of nitrogens with one attached hydrogen (secondary N) is 2. The molecule has 10 nitrogen and oxygen atoms in total. The molecular weight excluding hydrogens is 430 g/mol. The molecule has 0 saturated heterocycles. The van der Waals surface area contributed by atoms with Gasteiger partial charge in [-0.2, -0.15) is 0 Å². The molecule has 1 unspecified atom stereocenters. The summed E-state index contributed by atoms with van der Waals surface area (Å²) in [4.78, 5) is 63.8. The van der Waals surface area contributed by atoms with E-state index in [9.17, 15) is 24.0 Å². The smallest absolute Gasteiger partial charge is 0.333 e. The maximum Gasteiger partial charge on any atom is 0.333 e. The van der Waals surface area contributed by atoms with Crippen molar-refractivity contribution in [2.45, 2.75) is 46.2 Å². The molecule has 3 amide bonds. The van der Waals surface area contributed by atoms with Crippen LogP contribution in [-0.4, -0.2) is 60.4 Å². The second kappa shape index (κ2) is 11.8. The Labute approximate surface area is 192 Å². The van der Waals surface area contributed by atoms with Crippen LogP contribution in [0, 0.1) is 0 Å².